The SMILES string of the molecule is CCC(CO)NC(=O)CCOc1cccc(F)c1. The van der Waals surface area contributed by atoms with Crippen LogP contribution in [0, 0.1) is 5.82 Å². The summed E-state index contributed by atoms with van der Waals surface area (Å²) in [4.78, 5) is 11.5. The first-order valence-corrected chi connectivity index (χ1v) is 5.94. The third-order valence-corrected chi connectivity index (χ3v) is 2.47. The number of aliphatic hydroxyl groups is 1. The molecule has 0 aliphatic rings. The summed E-state index contributed by atoms with van der Waals surface area (Å²) in [5, 5.41) is 11.6. The van der Waals surface area contributed by atoms with Gasteiger partial charge in [-0.25, -0.2) is 4.39 Å². The summed E-state index contributed by atoms with van der Waals surface area (Å²) in [5.41, 5.74) is 0. The van der Waals surface area contributed by atoms with Crippen molar-refractivity contribution in [3.8, 4) is 5.75 Å². The van der Waals surface area contributed by atoms with Crippen molar-refractivity contribution < 1.29 is 19.0 Å². The van der Waals surface area contributed by atoms with Gasteiger partial charge in [-0.1, -0.05) is 13.0 Å². The zero-order chi connectivity index (χ0) is 13.4. The van der Waals surface area contributed by atoms with Crippen molar-refractivity contribution in [3.05, 3.63) is 30.1 Å². The molecule has 5 heteroatoms. The van der Waals surface area contributed by atoms with Crippen LogP contribution in [-0.2, 0) is 4.79 Å². The lowest BCUT2D eigenvalue weighted by Crippen LogP contribution is -2.37. The van der Waals surface area contributed by atoms with E-state index in [0.717, 1.165) is 0 Å². The van der Waals surface area contributed by atoms with Crippen LogP contribution in [0.1, 0.15) is 19.8 Å². The summed E-state index contributed by atoms with van der Waals surface area (Å²) >= 11 is 0. The van der Waals surface area contributed by atoms with Crippen LogP contribution in [0.25, 0.3) is 0 Å². The predicted octanol–water partition coefficient (Wildman–Crippen LogP) is 1.48. The molecule has 0 aliphatic carbocycles. The molecule has 1 atom stereocenters. The Morgan fingerprint density at radius 3 is 2.94 bits per heavy atom. The Balaban J connectivity index is 2.27. The smallest absolute Gasteiger partial charge is 0.223 e. The Morgan fingerprint density at radius 1 is 1.56 bits per heavy atom. The molecule has 0 saturated heterocycles. The molecule has 1 amide bonds. The van der Waals surface area contributed by atoms with Gasteiger partial charge in [0.2, 0.25) is 5.91 Å². The van der Waals surface area contributed by atoms with E-state index in [1.165, 1.54) is 12.1 Å². The summed E-state index contributed by atoms with van der Waals surface area (Å²) in [5.74, 6) is -0.160. The van der Waals surface area contributed by atoms with Crippen LogP contribution in [0.15, 0.2) is 24.3 Å². The maximum atomic E-state index is 12.8. The maximum absolute atomic E-state index is 12.8. The summed E-state index contributed by atoms with van der Waals surface area (Å²) in [6, 6.07) is 5.55. The van der Waals surface area contributed by atoms with E-state index in [0.29, 0.717) is 12.2 Å². The van der Waals surface area contributed by atoms with E-state index in [4.69, 9.17) is 9.84 Å². The van der Waals surface area contributed by atoms with E-state index in [-0.39, 0.29) is 37.4 Å². The first-order chi connectivity index (χ1) is 8.65. The highest BCUT2D eigenvalue weighted by molar-refractivity contribution is 5.76. The number of benzene rings is 1. The van der Waals surface area contributed by atoms with Crippen LogP contribution in [0.4, 0.5) is 4.39 Å². The number of hydrogen-bond acceptors (Lipinski definition) is 3. The minimum Gasteiger partial charge on any atom is -0.493 e. The lowest BCUT2D eigenvalue weighted by molar-refractivity contribution is -0.122. The number of halogens is 1. The van der Waals surface area contributed by atoms with E-state index >= 15 is 0 Å². The van der Waals surface area contributed by atoms with Crippen molar-refractivity contribution in [1.29, 1.82) is 0 Å². The number of hydrogen-bond donors (Lipinski definition) is 2. The van der Waals surface area contributed by atoms with Crippen LogP contribution in [-0.4, -0.2) is 30.3 Å². The van der Waals surface area contributed by atoms with Gasteiger partial charge in [-0.15, -0.1) is 0 Å². The fraction of sp³-hybridized carbons (Fsp3) is 0.462. The molecule has 100 valence electrons. The average molecular weight is 255 g/mol. The molecule has 0 radical (unpaired) electrons. The minimum atomic E-state index is -0.372. The van der Waals surface area contributed by atoms with Crippen molar-refractivity contribution in [2.45, 2.75) is 25.8 Å². The highest BCUT2D eigenvalue weighted by Gasteiger charge is 2.08. The Kier molecular flexibility index (Phi) is 6.14. The zero-order valence-electron chi connectivity index (χ0n) is 10.4. The van der Waals surface area contributed by atoms with E-state index in [9.17, 15) is 9.18 Å². The average Bonchev–Trinajstić information content (AvgIpc) is 2.36. The van der Waals surface area contributed by atoms with E-state index in [1.807, 2.05) is 6.92 Å². The van der Waals surface area contributed by atoms with Gasteiger partial charge in [0, 0.05) is 6.07 Å². The van der Waals surface area contributed by atoms with Gasteiger partial charge < -0.3 is 15.2 Å². The van der Waals surface area contributed by atoms with Gasteiger partial charge in [0.1, 0.15) is 11.6 Å². The topological polar surface area (TPSA) is 58.6 Å². The number of aliphatic hydroxyl groups excluding tert-OH is 1. The van der Waals surface area contributed by atoms with Crippen LogP contribution in [0.2, 0.25) is 0 Å². The molecule has 1 rings (SSSR count). The third-order valence-electron chi connectivity index (χ3n) is 2.47. The van der Waals surface area contributed by atoms with Crippen LogP contribution in [0.3, 0.4) is 0 Å². The fourth-order valence-electron chi connectivity index (χ4n) is 1.40. The molecule has 0 fully saturated rings. The molecule has 0 heterocycles. The summed E-state index contributed by atoms with van der Waals surface area (Å²) in [6.45, 7) is 1.98. The Morgan fingerprint density at radius 2 is 2.33 bits per heavy atom. The monoisotopic (exact) mass is 255 g/mol. The highest BCUT2D eigenvalue weighted by Crippen LogP contribution is 2.11. The molecular formula is C13H18FNO3. The van der Waals surface area contributed by atoms with Crippen molar-refractivity contribution in [2.75, 3.05) is 13.2 Å². The highest BCUT2D eigenvalue weighted by atomic mass is 19.1. The summed E-state index contributed by atoms with van der Waals surface area (Å²) in [7, 11) is 0. The predicted molar refractivity (Wildman–Crippen MR) is 65.8 cm³/mol. The van der Waals surface area contributed by atoms with Gasteiger partial charge in [0.25, 0.3) is 0 Å². The summed E-state index contributed by atoms with van der Waals surface area (Å²) < 4.78 is 18.1. The largest absolute Gasteiger partial charge is 0.493 e. The van der Waals surface area contributed by atoms with Crippen molar-refractivity contribution >= 4 is 5.91 Å². The van der Waals surface area contributed by atoms with Gasteiger partial charge in [-0.2, -0.15) is 0 Å². The number of nitrogens with one attached hydrogen (secondary N) is 1. The first-order valence-electron chi connectivity index (χ1n) is 5.94. The molecule has 1 aromatic carbocycles. The van der Waals surface area contributed by atoms with Gasteiger partial charge in [-0.3, -0.25) is 4.79 Å². The van der Waals surface area contributed by atoms with Crippen molar-refractivity contribution in [1.82, 2.24) is 5.32 Å². The van der Waals surface area contributed by atoms with Gasteiger partial charge >= 0.3 is 0 Å². The van der Waals surface area contributed by atoms with E-state index in [2.05, 4.69) is 5.32 Å². The molecule has 1 unspecified atom stereocenters. The third kappa shape index (κ3) is 5.14. The zero-order valence-corrected chi connectivity index (χ0v) is 10.4. The quantitative estimate of drug-likeness (QED) is 0.776. The van der Waals surface area contributed by atoms with Gasteiger partial charge in [0.05, 0.1) is 25.7 Å². The van der Waals surface area contributed by atoms with Gasteiger partial charge in [0.15, 0.2) is 0 Å². The normalized spacial score (nSPS) is 11.9. The second kappa shape index (κ2) is 7.66. The summed E-state index contributed by atoms with van der Waals surface area (Å²) in [6.07, 6.45) is 0.847. The second-order valence-electron chi connectivity index (χ2n) is 3.91. The molecular weight excluding hydrogens is 237 g/mol. The second-order valence-corrected chi connectivity index (χ2v) is 3.91. The number of ether oxygens (including phenoxy) is 1. The van der Waals surface area contributed by atoms with Crippen LogP contribution < -0.4 is 10.1 Å². The van der Waals surface area contributed by atoms with Crippen LogP contribution in [0.5, 0.6) is 5.75 Å². The molecule has 0 aromatic heterocycles. The Bertz CT molecular complexity index is 380. The number of carbonyl (C=O) groups is 1. The molecule has 4 nitrogen and oxygen atoms in total. The number of carbonyl (C=O) groups excluding carboxylic acids is 1. The van der Waals surface area contributed by atoms with Crippen molar-refractivity contribution in [3.63, 3.8) is 0 Å². The molecule has 18 heavy (non-hydrogen) atoms. The van der Waals surface area contributed by atoms with E-state index < -0.39 is 0 Å². The fourth-order valence-corrected chi connectivity index (χ4v) is 1.40. The van der Waals surface area contributed by atoms with Crippen molar-refractivity contribution in [2.24, 2.45) is 0 Å². The number of rotatable bonds is 7. The lowest BCUT2D eigenvalue weighted by atomic mass is 10.2. The molecule has 0 bridgehead atoms. The first kappa shape index (κ1) is 14.4. The maximum Gasteiger partial charge on any atom is 0.223 e. The minimum absolute atomic E-state index is 0.0764. The Labute approximate surface area is 106 Å². The van der Waals surface area contributed by atoms with E-state index in [1.54, 1.807) is 12.1 Å². The standard InChI is InChI=1S/C13H18FNO3/c1-2-11(9-16)15-13(17)6-7-18-12-5-3-4-10(14)8-12/h3-5,8,11,16H,2,6-7,9H2,1H3,(H,15,17). The molecule has 0 aliphatic heterocycles. The lowest BCUT2D eigenvalue weighted by Gasteiger charge is -2.14. The van der Waals surface area contributed by atoms with Gasteiger partial charge in [-0.05, 0) is 18.6 Å². The molecule has 0 spiro atoms. The van der Waals surface area contributed by atoms with Crippen LogP contribution >= 0.6 is 0 Å². The molecule has 2 N–H and O–H groups in total. The number of amides is 1. The molecule has 0 saturated carbocycles. The Hall–Kier alpha value is -1.62. The molecule has 1 aromatic rings.